The molecule has 3 aromatic heterocycles. The molecular formula is C54H38N4. The van der Waals surface area contributed by atoms with Gasteiger partial charge in [0.15, 0.2) is 5.82 Å². The summed E-state index contributed by atoms with van der Waals surface area (Å²) in [6.07, 6.45) is 13.4. The highest BCUT2D eigenvalue weighted by Crippen LogP contribution is 2.41. The van der Waals surface area contributed by atoms with E-state index in [1.54, 1.807) is 0 Å². The van der Waals surface area contributed by atoms with Gasteiger partial charge in [0.25, 0.3) is 0 Å². The van der Waals surface area contributed by atoms with Gasteiger partial charge in [-0.3, -0.25) is 4.57 Å². The van der Waals surface area contributed by atoms with Gasteiger partial charge in [-0.15, -0.1) is 0 Å². The summed E-state index contributed by atoms with van der Waals surface area (Å²) in [7, 11) is 0. The smallest absolute Gasteiger partial charge is 0.162 e. The van der Waals surface area contributed by atoms with Gasteiger partial charge in [0.1, 0.15) is 5.82 Å². The van der Waals surface area contributed by atoms with Crippen LogP contribution < -0.4 is 0 Å². The lowest BCUT2D eigenvalue weighted by atomic mass is 9.96. The van der Waals surface area contributed by atoms with Gasteiger partial charge < -0.3 is 4.57 Å². The van der Waals surface area contributed by atoms with Crippen molar-refractivity contribution in [1.82, 2.24) is 19.1 Å². The molecule has 7 aromatic carbocycles. The predicted molar refractivity (Wildman–Crippen MR) is 242 cm³/mol. The molecule has 0 radical (unpaired) electrons. The van der Waals surface area contributed by atoms with Crippen LogP contribution in [0.5, 0.6) is 0 Å². The van der Waals surface area contributed by atoms with Crippen LogP contribution in [0.25, 0.3) is 101 Å². The van der Waals surface area contributed by atoms with E-state index < -0.39 is 0 Å². The zero-order valence-corrected chi connectivity index (χ0v) is 31.9. The van der Waals surface area contributed by atoms with E-state index in [-0.39, 0.29) is 0 Å². The Morgan fingerprint density at radius 3 is 1.76 bits per heavy atom. The molecule has 0 unspecified atom stereocenters. The molecule has 0 amide bonds. The number of para-hydroxylation sites is 1. The second-order valence-electron chi connectivity index (χ2n) is 15.6. The number of allylic oxidation sites excluding steroid dienone is 2. The number of hydrogen-bond donors (Lipinski definition) is 0. The van der Waals surface area contributed by atoms with Crippen molar-refractivity contribution >= 4 is 55.6 Å². The number of nitrogens with zero attached hydrogens (tertiary/aromatic N) is 4. The molecular weight excluding hydrogens is 705 g/mol. The number of rotatable bonds is 5. The molecule has 274 valence electrons. The van der Waals surface area contributed by atoms with E-state index in [4.69, 9.17) is 9.97 Å². The fourth-order valence-corrected chi connectivity index (χ4v) is 9.53. The normalized spacial score (nSPS) is 13.4. The first-order valence-electron chi connectivity index (χ1n) is 20.4. The van der Waals surface area contributed by atoms with Gasteiger partial charge in [0.2, 0.25) is 0 Å². The molecule has 0 saturated carbocycles. The molecule has 4 nitrogen and oxygen atoms in total. The minimum atomic E-state index is 0.720. The molecule has 2 aliphatic carbocycles. The summed E-state index contributed by atoms with van der Waals surface area (Å²) < 4.78 is 4.83. The Morgan fingerprint density at radius 2 is 1.02 bits per heavy atom. The molecule has 0 aliphatic heterocycles. The van der Waals surface area contributed by atoms with Gasteiger partial charge in [0.05, 0.1) is 22.2 Å². The zero-order valence-electron chi connectivity index (χ0n) is 31.9. The molecule has 0 atom stereocenters. The van der Waals surface area contributed by atoms with Crippen LogP contribution in [0.15, 0.2) is 170 Å². The van der Waals surface area contributed by atoms with Crippen molar-refractivity contribution in [2.45, 2.75) is 25.7 Å². The van der Waals surface area contributed by atoms with Gasteiger partial charge in [-0.2, -0.15) is 0 Å². The quantitative estimate of drug-likeness (QED) is 0.165. The van der Waals surface area contributed by atoms with E-state index in [0.29, 0.717) is 0 Å². The van der Waals surface area contributed by atoms with Crippen molar-refractivity contribution in [3.05, 3.63) is 192 Å². The maximum atomic E-state index is 5.51. The average molecular weight is 743 g/mol. The highest BCUT2D eigenvalue weighted by Gasteiger charge is 2.24. The molecule has 58 heavy (non-hydrogen) atoms. The Hall–Kier alpha value is -7.30. The Kier molecular flexibility index (Phi) is 7.45. The first-order chi connectivity index (χ1) is 28.8. The maximum absolute atomic E-state index is 5.51. The van der Waals surface area contributed by atoms with E-state index in [9.17, 15) is 0 Å². The monoisotopic (exact) mass is 742 g/mol. The third kappa shape index (κ3) is 5.15. The number of fused-ring (bicyclic) bond motifs is 9. The van der Waals surface area contributed by atoms with Gasteiger partial charge >= 0.3 is 0 Å². The Morgan fingerprint density at radius 1 is 0.414 bits per heavy atom. The molecule has 0 spiro atoms. The van der Waals surface area contributed by atoms with Crippen LogP contribution in [0.3, 0.4) is 0 Å². The molecule has 10 aromatic rings. The molecule has 0 bridgehead atoms. The summed E-state index contributed by atoms with van der Waals surface area (Å²) in [5, 5.41) is 5.95. The Labute approximate surface area is 336 Å². The van der Waals surface area contributed by atoms with E-state index in [0.717, 1.165) is 70.3 Å². The molecule has 0 saturated heterocycles. The van der Waals surface area contributed by atoms with Gasteiger partial charge in [-0.25, -0.2) is 9.97 Å². The summed E-state index contributed by atoms with van der Waals surface area (Å²) in [6.45, 7) is 0. The maximum Gasteiger partial charge on any atom is 0.162 e. The van der Waals surface area contributed by atoms with Crippen LogP contribution in [-0.4, -0.2) is 19.1 Å². The fraction of sp³-hybridized carbons (Fsp3) is 0.0741. The standard InChI is InChI=1S/C54H38N4/c1-3-14-35(15-4-1)37-17-13-18-40(32-37)53-55-52-42-21-8-7-16-36(42)26-29-45(52)54(56-53)58-49-25-12-10-23-44(49)47-34-39(28-31-51(47)58)38-27-30-50-46(33-38)43-22-9-11-24-48(43)57(50)41-19-5-2-6-20-41/h1-8,11-21,24-34H,9-10,22-23H2. The van der Waals surface area contributed by atoms with Gasteiger partial charge in [0, 0.05) is 38.5 Å². The van der Waals surface area contributed by atoms with Crippen molar-refractivity contribution in [3.63, 3.8) is 0 Å². The number of hydrogen-bond acceptors (Lipinski definition) is 2. The topological polar surface area (TPSA) is 35.6 Å². The van der Waals surface area contributed by atoms with Crippen LogP contribution >= 0.6 is 0 Å². The summed E-state index contributed by atoms with van der Waals surface area (Å²) in [4.78, 5) is 10.9. The average Bonchev–Trinajstić information content (AvgIpc) is 3.81. The zero-order chi connectivity index (χ0) is 38.2. The lowest BCUT2D eigenvalue weighted by Gasteiger charge is -2.16. The molecule has 3 heterocycles. The third-order valence-electron chi connectivity index (χ3n) is 12.3. The first-order valence-corrected chi connectivity index (χ1v) is 20.4. The number of aromatic nitrogens is 4. The van der Waals surface area contributed by atoms with Crippen LogP contribution in [-0.2, 0) is 12.8 Å². The van der Waals surface area contributed by atoms with Crippen LogP contribution in [0.4, 0.5) is 0 Å². The highest BCUT2D eigenvalue weighted by molar-refractivity contribution is 6.09. The van der Waals surface area contributed by atoms with Crippen LogP contribution in [0.2, 0.25) is 0 Å². The summed E-state index contributed by atoms with van der Waals surface area (Å²) in [6, 6.07) is 57.0. The fourth-order valence-electron chi connectivity index (χ4n) is 9.53. The number of benzene rings is 7. The van der Waals surface area contributed by atoms with E-state index in [2.05, 4.69) is 191 Å². The Bertz CT molecular complexity index is 3330. The van der Waals surface area contributed by atoms with Gasteiger partial charge in [-0.05, 0) is 125 Å². The Balaban J connectivity index is 1.06. The highest BCUT2D eigenvalue weighted by atomic mass is 15.1. The van der Waals surface area contributed by atoms with E-state index >= 15 is 0 Å². The molecule has 0 fully saturated rings. The minimum absolute atomic E-state index is 0.720. The summed E-state index contributed by atoms with van der Waals surface area (Å²) in [5.74, 6) is 1.63. The molecule has 4 heteroatoms. The first kappa shape index (κ1) is 32.9. The van der Waals surface area contributed by atoms with E-state index in [1.807, 2.05) is 0 Å². The van der Waals surface area contributed by atoms with Crippen molar-refractivity contribution in [2.75, 3.05) is 0 Å². The van der Waals surface area contributed by atoms with E-state index in [1.165, 1.54) is 66.6 Å². The lowest BCUT2D eigenvalue weighted by Crippen LogP contribution is -2.06. The summed E-state index contributed by atoms with van der Waals surface area (Å²) >= 11 is 0. The van der Waals surface area contributed by atoms with Crippen LogP contribution in [0.1, 0.15) is 35.4 Å². The van der Waals surface area contributed by atoms with Crippen molar-refractivity contribution < 1.29 is 0 Å². The molecule has 2 aliphatic rings. The molecule has 0 N–H and O–H groups in total. The largest absolute Gasteiger partial charge is 0.310 e. The second-order valence-corrected chi connectivity index (χ2v) is 15.6. The van der Waals surface area contributed by atoms with Gasteiger partial charge in [-0.1, -0.05) is 121 Å². The third-order valence-corrected chi connectivity index (χ3v) is 12.3. The SMILES string of the molecule is C1=Cc2c(c3cc(-c4ccc5c(c4)c4c(n5-c5nc(-c6cccc(-c7ccccc7)c6)nc6c5ccc5ccccc56)C=CCC4)ccc3n2-c2ccccc2)CC1. The minimum Gasteiger partial charge on any atom is -0.310 e. The number of aryl methyl sites for hydroxylation is 2. The summed E-state index contributed by atoms with van der Waals surface area (Å²) in [5.41, 5.74) is 15.7. The van der Waals surface area contributed by atoms with Crippen molar-refractivity contribution in [3.8, 4) is 45.1 Å². The predicted octanol–water partition coefficient (Wildman–Crippen LogP) is 13.6. The van der Waals surface area contributed by atoms with Crippen LogP contribution in [0, 0.1) is 0 Å². The lowest BCUT2D eigenvalue weighted by molar-refractivity contribution is 0.954. The van der Waals surface area contributed by atoms with Crippen molar-refractivity contribution in [2.24, 2.45) is 0 Å². The second kappa shape index (κ2) is 13.1. The molecule has 12 rings (SSSR count). The van der Waals surface area contributed by atoms with Crippen molar-refractivity contribution in [1.29, 1.82) is 0 Å².